The van der Waals surface area contributed by atoms with E-state index in [0.717, 1.165) is 22.0 Å². The van der Waals surface area contributed by atoms with Crippen LogP contribution in [0.25, 0.3) is 22.0 Å². The quantitative estimate of drug-likeness (QED) is 0.661. The van der Waals surface area contributed by atoms with E-state index in [-0.39, 0.29) is 5.91 Å². The van der Waals surface area contributed by atoms with Crippen LogP contribution in [0.15, 0.2) is 59.6 Å². The minimum absolute atomic E-state index is 0.371. The molecule has 0 spiro atoms. The van der Waals surface area contributed by atoms with Crippen LogP contribution in [0.2, 0.25) is 0 Å². The number of benzene rings is 2. The van der Waals surface area contributed by atoms with Crippen LogP contribution in [0.5, 0.6) is 0 Å². The Morgan fingerprint density at radius 1 is 1.00 bits per heavy atom. The maximum Gasteiger partial charge on any atom is 0.321 e. The van der Waals surface area contributed by atoms with E-state index in [0.29, 0.717) is 11.6 Å². The number of nitrogens with one attached hydrogen (secondary N) is 2. The molecule has 138 valence electrons. The molecule has 3 amide bonds. The van der Waals surface area contributed by atoms with Gasteiger partial charge in [0.25, 0.3) is 0 Å². The number of fused-ring (bicyclic) bond motifs is 1. The third kappa shape index (κ3) is 4.43. The Kier molecular flexibility index (Phi) is 6.03. The van der Waals surface area contributed by atoms with Crippen LogP contribution in [0.3, 0.4) is 0 Å². The molecule has 0 unspecified atom stereocenters. The third-order valence-electron chi connectivity index (χ3n) is 3.93. The Hall–Kier alpha value is -2.93. The molecule has 6 nitrogen and oxygen atoms in total. The van der Waals surface area contributed by atoms with Gasteiger partial charge in [-0.2, -0.15) is 0 Å². The van der Waals surface area contributed by atoms with E-state index in [4.69, 9.17) is 0 Å². The highest BCUT2D eigenvalue weighted by Gasteiger charge is 2.20. The fraction of sp³-hybridized carbons (Fsp3) is 0.200. The lowest BCUT2D eigenvalue weighted by atomic mass is 10.1. The first-order chi connectivity index (χ1) is 13.1. The first kappa shape index (κ1) is 18.8. The molecule has 0 aliphatic carbocycles. The van der Waals surface area contributed by atoms with E-state index in [1.165, 1.54) is 11.8 Å². The lowest BCUT2D eigenvalue weighted by Crippen LogP contribution is -2.42. The second-order valence-electron chi connectivity index (χ2n) is 5.87. The van der Waals surface area contributed by atoms with Gasteiger partial charge in [0.15, 0.2) is 0 Å². The van der Waals surface area contributed by atoms with Gasteiger partial charge in [0.05, 0.1) is 5.25 Å². The predicted octanol–water partition coefficient (Wildman–Crippen LogP) is 3.62. The monoisotopic (exact) mass is 380 g/mol. The molecule has 2 N–H and O–H groups in total. The minimum atomic E-state index is -0.495. The molecule has 2 aromatic carbocycles. The van der Waals surface area contributed by atoms with Crippen LogP contribution < -0.4 is 10.6 Å². The number of carbonyl (C=O) groups is 2. The maximum atomic E-state index is 12.2. The Morgan fingerprint density at radius 3 is 2.37 bits per heavy atom. The highest BCUT2D eigenvalue weighted by molar-refractivity contribution is 8.00. The Balaban J connectivity index is 1.88. The van der Waals surface area contributed by atoms with Gasteiger partial charge in [0.2, 0.25) is 5.91 Å². The molecular formula is C20H20N4O2S. The smallest absolute Gasteiger partial charge is 0.321 e. The number of amides is 3. The van der Waals surface area contributed by atoms with E-state index in [9.17, 15) is 9.59 Å². The van der Waals surface area contributed by atoms with E-state index in [1.54, 1.807) is 13.8 Å². The highest BCUT2D eigenvalue weighted by atomic mass is 32.2. The summed E-state index contributed by atoms with van der Waals surface area (Å²) < 4.78 is 0. The first-order valence-corrected chi connectivity index (χ1v) is 9.54. The van der Waals surface area contributed by atoms with Gasteiger partial charge in [0, 0.05) is 22.9 Å². The molecule has 1 atom stereocenters. The summed E-state index contributed by atoms with van der Waals surface area (Å²) in [6, 6.07) is 17.2. The van der Waals surface area contributed by atoms with Crippen LogP contribution in [0.1, 0.15) is 13.8 Å². The number of thioether (sulfide) groups is 1. The van der Waals surface area contributed by atoms with Crippen molar-refractivity contribution >= 4 is 34.5 Å². The minimum Gasteiger partial charge on any atom is -0.338 e. The average molecular weight is 380 g/mol. The van der Waals surface area contributed by atoms with Gasteiger partial charge in [-0.15, -0.1) is 10.2 Å². The lowest BCUT2D eigenvalue weighted by molar-refractivity contribution is -0.119. The Labute approximate surface area is 161 Å². The fourth-order valence-corrected chi connectivity index (χ4v) is 3.51. The molecule has 1 heterocycles. The summed E-state index contributed by atoms with van der Waals surface area (Å²) in [4.78, 5) is 23.8. The molecule has 0 aliphatic rings. The summed E-state index contributed by atoms with van der Waals surface area (Å²) in [6.45, 7) is 3.98. The molecule has 0 saturated heterocycles. The molecule has 7 heteroatoms. The van der Waals surface area contributed by atoms with Crippen LogP contribution in [-0.4, -0.2) is 33.9 Å². The lowest BCUT2D eigenvalue weighted by Gasteiger charge is -2.13. The predicted molar refractivity (Wildman–Crippen MR) is 108 cm³/mol. The zero-order chi connectivity index (χ0) is 19.2. The van der Waals surface area contributed by atoms with Crippen molar-refractivity contribution < 1.29 is 9.59 Å². The molecule has 0 aliphatic heterocycles. The molecule has 0 radical (unpaired) electrons. The molecule has 1 aromatic heterocycles. The molecular weight excluding hydrogens is 360 g/mol. The zero-order valence-electron chi connectivity index (χ0n) is 15.1. The van der Waals surface area contributed by atoms with Crippen LogP contribution in [-0.2, 0) is 4.79 Å². The normalized spacial score (nSPS) is 11.8. The van der Waals surface area contributed by atoms with E-state index < -0.39 is 11.3 Å². The second kappa shape index (κ2) is 8.64. The van der Waals surface area contributed by atoms with Crippen molar-refractivity contribution in [3.63, 3.8) is 0 Å². The van der Waals surface area contributed by atoms with Crippen molar-refractivity contribution in [1.82, 2.24) is 20.8 Å². The van der Waals surface area contributed by atoms with E-state index in [2.05, 4.69) is 20.8 Å². The first-order valence-electron chi connectivity index (χ1n) is 8.66. The molecule has 0 bridgehead atoms. The Bertz CT molecular complexity index is 963. The van der Waals surface area contributed by atoms with Crippen LogP contribution in [0, 0.1) is 0 Å². The number of rotatable bonds is 5. The third-order valence-corrected chi connectivity index (χ3v) is 5.02. The van der Waals surface area contributed by atoms with E-state index in [1.807, 2.05) is 54.6 Å². The van der Waals surface area contributed by atoms with Gasteiger partial charge in [-0.25, -0.2) is 4.79 Å². The van der Waals surface area contributed by atoms with Crippen molar-refractivity contribution in [1.29, 1.82) is 0 Å². The highest BCUT2D eigenvalue weighted by Crippen LogP contribution is 2.33. The van der Waals surface area contributed by atoms with Crippen LogP contribution >= 0.6 is 11.8 Å². The topological polar surface area (TPSA) is 84.0 Å². The molecule has 3 aromatic rings. The number of aromatic nitrogens is 2. The summed E-state index contributed by atoms with van der Waals surface area (Å²) in [7, 11) is 0. The van der Waals surface area contributed by atoms with Gasteiger partial charge in [-0.3, -0.25) is 10.1 Å². The number of urea groups is 1. The summed E-state index contributed by atoms with van der Waals surface area (Å²) >= 11 is 1.28. The number of nitrogens with zero attached hydrogens (tertiary/aromatic N) is 2. The Morgan fingerprint density at radius 2 is 1.67 bits per heavy atom. The summed E-state index contributed by atoms with van der Waals surface area (Å²) in [5.74, 6) is -0.371. The fourth-order valence-electron chi connectivity index (χ4n) is 2.61. The summed E-state index contributed by atoms with van der Waals surface area (Å²) in [6.07, 6.45) is 0. The molecule has 0 fully saturated rings. The van der Waals surface area contributed by atoms with E-state index >= 15 is 0 Å². The van der Waals surface area contributed by atoms with Crippen molar-refractivity contribution in [2.24, 2.45) is 0 Å². The number of hydrogen-bond donors (Lipinski definition) is 2. The second-order valence-corrected chi connectivity index (χ2v) is 7.20. The molecule has 27 heavy (non-hydrogen) atoms. The largest absolute Gasteiger partial charge is 0.338 e. The number of hydrogen-bond acceptors (Lipinski definition) is 5. The van der Waals surface area contributed by atoms with Gasteiger partial charge in [-0.1, -0.05) is 66.4 Å². The van der Waals surface area contributed by atoms with Crippen molar-refractivity contribution in [3.8, 4) is 11.3 Å². The van der Waals surface area contributed by atoms with Crippen LogP contribution in [0.4, 0.5) is 4.79 Å². The van der Waals surface area contributed by atoms with Gasteiger partial charge in [-0.05, 0) is 13.8 Å². The zero-order valence-corrected chi connectivity index (χ0v) is 15.9. The van der Waals surface area contributed by atoms with Crippen molar-refractivity contribution in [2.75, 3.05) is 6.54 Å². The maximum absolute atomic E-state index is 12.2. The van der Waals surface area contributed by atoms with Crippen molar-refractivity contribution in [2.45, 2.75) is 24.1 Å². The molecule has 3 rings (SSSR count). The van der Waals surface area contributed by atoms with Gasteiger partial charge in [0.1, 0.15) is 10.7 Å². The standard InChI is InChI=1S/C20H20N4O2S/c1-3-21-20(26)22-18(25)13(2)27-19-16-12-8-7-11-15(16)17(23-24-19)14-9-5-4-6-10-14/h4-13H,3H2,1-2H3,(H2,21,22,25,26)/t13-/m1/s1. The number of carbonyl (C=O) groups excluding carboxylic acids is 2. The summed E-state index contributed by atoms with van der Waals surface area (Å²) in [5, 5.41) is 15.7. The number of imide groups is 1. The average Bonchev–Trinajstić information content (AvgIpc) is 2.69. The SMILES string of the molecule is CCNC(=O)NC(=O)[C@@H](C)Sc1nnc(-c2ccccc2)c2ccccc12. The van der Waals surface area contributed by atoms with Crippen molar-refractivity contribution in [3.05, 3.63) is 54.6 Å². The summed E-state index contributed by atoms with van der Waals surface area (Å²) in [5.41, 5.74) is 1.79. The van der Waals surface area contributed by atoms with Gasteiger partial charge >= 0.3 is 6.03 Å². The molecule has 0 saturated carbocycles. The van der Waals surface area contributed by atoms with Gasteiger partial charge < -0.3 is 5.32 Å².